The predicted octanol–water partition coefficient (Wildman–Crippen LogP) is 4.33. The van der Waals surface area contributed by atoms with Crippen LogP contribution in [0.25, 0.3) is 16.6 Å². The SMILES string of the molecule is C=C(C)Cc1c(C#N)c2ccccc2n1-c1ccc(O)cc1. The number of phenolic OH excluding ortho intramolecular Hbond substituents is 1. The summed E-state index contributed by atoms with van der Waals surface area (Å²) in [5.41, 5.74) is 4.53. The number of nitriles is 1. The summed E-state index contributed by atoms with van der Waals surface area (Å²) in [7, 11) is 0. The van der Waals surface area contributed by atoms with Gasteiger partial charge in [-0.1, -0.05) is 30.4 Å². The quantitative estimate of drug-likeness (QED) is 0.729. The van der Waals surface area contributed by atoms with Gasteiger partial charge in [0.05, 0.1) is 11.1 Å². The fourth-order valence-corrected chi connectivity index (χ4v) is 2.77. The predicted molar refractivity (Wildman–Crippen MR) is 88.2 cm³/mol. The Morgan fingerprint density at radius 3 is 2.50 bits per heavy atom. The smallest absolute Gasteiger partial charge is 0.115 e. The molecule has 0 saturated heterocycles. The zero-order valence-corrected chi connectivity index (χ0v) is 12.4. The van der Waals surface area contributed by atoms with Gasteiger partial charge in [0.2, 0.25) is 0 Å². The van der Waals surface area contributed by atoms with Crippen LogP contribution in [0.2, 0.25) is 0 Å². The Morgan fingerprint density at radius 1 is 1.18 bits per heavy atom. The molecule has 1 heterocycles. The van der Waals surface area contributed by atoms with Crippen molar-refractivity contribution in [3.63, 3.8) is 0 Å². The highest BCUT2D eigenvalue weighted by molar-refractivity contribution is 5.89. The van der Waals surface area contributed by atoms with E-state index in [4.69, 9.17) is 0 Å². The van der Waals surface area contributed by atoms with E-state index >= 15 is 0 Å². The van der Waals surface area contributed by atoms with Crippen molar-refractivity contribution in [2.45, 2.75) is 13.3 Å². The number of benzene rings is 2. The van der Waals surface area contributed by atoms with Gasteiger partial charge in [0.1, 0.15) is 11.8 Å². The molecule has 1 N–H and O–H groups in total. The van der Waals surface area contributed by atoms with E-state index in [9.17, 15) is 10.4 Å². The van der Waals surface area contributed by atoms with Gasteiger partial charge in [-0.2, -0.15) is 5.26 Å². The van der Waals surface area contributed by atoms with E-state index in [1.54, 1.807) is 12.1 Å². The summed E-state index contributed by atoms with van der Waals surface area (Å²) in [4.78, 5) is 0. The number of nitrogens with zero attached hydrogens (tertiary/aromatic N) is 2. The van der Waals surface area contributed by atoms with Crippen LogP contribution >= 0.6 is 0 Å². The van der Waals surface area contributed by atoms with Crippen LogP contribution in [0.4, 0.5) is 0 Å². The molecule has 108 valence electrons. The lowest BCUT2D eigenvalue weighted by Gasteiger charge is -2.11. The fourth-order valence-electron chi connectivity index (χ4n) is 2.77. The molecular weight excluding hydrogens is 272 g/mol. The maximum Gasteiger partial charge on any atom is 0.115 e. The van der Waals surface area contributed by atoms with Crippen LogP contribution in [0.5, 0.6) is 5.75 Å². The van der Waals surface area contributed by atoms with Gasteiger partial charge in [0.25, 0.3) is 0 Å². The van der Waals surface area contributed by atoms with Crippen molar-refractivity contribution in [3.05, 3.63) is 71.9 Å². The number of fused-ring (bicyclic) bond motifs is 1. The number of aromatic hydroxyl groups is 1. The van der Waals surface area contributed by atoms with Crippen LogP contribution in [0.1, 0.15) is 18.2 Å². The summed E-state index contributed by atoms with van der Waals surface area (Å²) in [6.45, 7) is 5.94. The molecule has 0 spiro atoms. The van der Waals surface area contributed by atoms with E-state index in [1.165, 1.54) is 0 Å². The molecular formula is C19H16N2O. The van der Waals surface area contributed by atoms with Gasteiger partial charge in [-0.3, -0.25) is 0 Å². The molecule has 3 heteroatoms. The Labute approximate surface area is 129 Å². The molecule has 0 amide bonds. The summed E-state index contributed by atoms with van der Waals surface area (Å²) in [5.74, 6) is 0.224. The van der Waals surface area contributed by atoms with Crippen LogP contribution in [0.15, 0.2) is 60.7 Å². The summed E-state index contributed by atoms with van der Waals surface area (Å²) >= 11 is 0. The van der Waals surface area contributed by atoms with Gasteiger partial charge < -0.3 is 9.67 Å². The molecule has 1 aromatic heterocycles. The molecule has 0 saturated carbocycles. The second kappa shape index (κ2) is 5.42. The van der Waals surface area contributed by atoms with Gasteiger partial charge in [-0.05, 0) is 37.3 Å². The van der Waals surface area contributed by atoms with Gasteiger partial charge in [0, 0.05) is 23.2 Å². The zero-order chi connectivity index (χ0) is 15.7. The molecule has 3 aromatic rings. The van der Waals surface area contributed by atoms with E-state index in [0.717, 1.165) is 27.9 Å². The average Bonchev–Trinajstić information content (AvgIpc) is 2.80. The number of phenols is 1. The second-order valence-corrected chi connectivity index (χ2v) is 5.44. The minimum Gasteiger partial charge on any atom is -0.508 e. The van der Waals surface area contributed by atoms with E-state index in [0.29, 0.717) is 12.0 Å². The summed E-state index contributed by atoms with van der Waals surface area (Å²) < 4.78 is 2.07. The Morgan fingerprint density at radius 2 is 1.86 bits per heavy atom. The first-order valence-corrected chi connectivity index (χ1v) is 7.08. The molecule has 3 nitrogen and oxygen atoms in total. The van der Waals surface area contributed by atoms with Gasteiger partial charge in [-0.25, -0.2) is 0 Å². The van der Waals surface area contributed by atoms with Crippen LogP contribution < -0.4 is 0 Å². The standard InChI is InChI=1S/C19H16N2O/c1-13(2)11-19-17(12-20)16-5-3-4-6-18(16)21(19)14-7-9-15(22)10-8-14/h3-10,22H,1,11H2,2H3. The molecule has 2 aromatic carbocycles. The number of hydrogen-bond donors (Lipinski definition) is 1. The average molecular weight is 288 g/mol. The largest absolute Gasteiger partial charge is 0.508 e. The number of aromatic nitrogens is 1. The first-order valence-electron chi connectivity index (χ1n) is 7.08. The number of rotatable bonds is 3. The molecule has 0 aliphatic rings. The third-order valence-electron chi connectivity index (χ3n) is 3.66. The zero-order valence-electron chi connectivity index (χ0n) is 12.4. The summed E-state index contributed by atoms with van der Waals surface area (Å²) in [5, 5.41) is 20.0. The van der Waals surface area contributed by atoms with Crippen molar-refractivity contribution in [2.24, 2.45) is 0 Å². The topological polar surface area (TPSA) is 49.0 Å². The fraction of sp³-hybridized carbons (Fsp3) is 0.105. The second-order valence-electron chi connectivity index (χ2n) is 5.44. The lowest BCUT2D eigenvalue weighted by Crippen LogP contribution is -2.02. The highest BCUT2D eigenvalue weighted by Crippen LogP contribution is 2.31. The highest BCUT2D eigenvalue weighted by Gasteiger charge is 2.17. The number of allylic oxidation sites excluding steroid dienone is 1. The monoisotopic (exact) mass is 288 g/mol. The lowest BCUT2D eigenvalue weighted by atomic mass is 10.1. The minimum absolute atomic E-state index is 0.224. The minimum atomic E-state index is 0.224. The van der Waals surface area contributed by atoms with Crippen LogP contribution in [-0.2, 0) is 6.42 Å². The summed E-state index contributed by atoms with van der Waals surface area (Å²) in [6, 6.07) is 17.2. The van der Waals surface area contributed by atoms with Crippen molar-refractivity contribution in [2.75, 3.05) is 0 Å². The van der Waals surface area contributed by atoms with Gasteiger partial charge in [-0.15, -0.1) is 0 Å². The number of para-hydroxylation sites is 1. The Hall–Kier alpha value is -2.99. The van der Waals surface area contributed by atoms with Crippen LogP contribution in [0, 0.1) is 11.3 Å². The number of hydrogen-bond acceptors (Lipinski definition) is 2. The molecule has 0 aliphatic heterocycles. The van der Waals surface area contributed by atoms with E-state index in [2.05, 4.69) is 17.2 Å². The van der Waals surface area contributed by atoms with Gasteiger partial charge in [0.15, 0.2) is 0 Å². The van der Waals surface area contributed by atoms with Crippen molar-refractivity contribution in [1.29, 1.82) is 5.26 Å². The normalized spacial score (nSPS) is 10.5. The third-order valence-corrected chi connectivity index (χ3v) is 3.66. The lowest BCUT2D eigenvalue weighted by molar-refractivity contribution is 0.475. The van der Waals surface area contributed by atoms with Crippen LogP contribution in [-0.4, -0.2) is 9.67 Å². The molecule has 0 fully saturated rings. The van der Waals surface area contributed by atoms with E-state index in [1.807, 2.05) is 43.3 Å². The summed E-state index contributed by atoms with van der Waals surface area (Å²) in [6.07, 6.45) is 0.637. The van der Waals surface area contributed by atoms with Gasteiger partial charge >= 0.3 is 0 Å². The van der Waals surface area contributed by atoms with Crippen LogP contribution in [0.3, 0.4) is 0 Å². The van der Waals surface area contributed by atoms with Crippen molar-refractivity contribution in [1.82, 2.24) is 4.57 Å². The molecule has 22 heavy (non-hydrogen) atoms. The molecule has 0 atom stereocenters. The molecule has 0 radical (unpaired) electrons. The van der Waals surface area contributed by atoms with E-state index < -0.39 is 0 Å². The molecule has 3 rings (SSSR count). The maximum atomic E-state index is 9.60. The Balaban J connectivity index is 2.38. The van der Waals surface area contributed by atoms with E-state index in [-0.39, 0.29) is 5.75 Å². The first kappa shape index (κ1) is 14.0. The van der Waals surface area contributed by atoms with Crippen molar-refractivity contribution < 1.29 is 5.11 Å². The maximum absolute atomic E-state index is 9.60. The van der Waals surface area contributed by atoms with Crippen molar-refractivity contribution in [3.8, 4) is 17.5 Å². The third kappa shape index (κ3) is 2.25. The van der Waals surface area contributed by atoms with Crippen molar-refractivity contribution >= 4 is 10.9 Å². The molecule has 0 unspecified atom stereocenters. The Kier molecular flexibility index (Phi) is 3.44. The Bertz CT molecular complexity index is 896. The molecule has 0 bridgehead atoms. The highest BCUT2D eigenvalue weighted by atomic mass is 16.3. The molecule has 0 aliphatic carbocycles. The first-order chi connectivity index (χ1) is 10.6.